The molecule has 3 aromatic rings. The highest BCUT2D eigenvalue weighted by atomic mass is 127. The van der Waals surface area contributed by atoms with Crippen molar-refractivity contribution in [3.63, 3.8) is 0 Å². The normalized spacial score (nSPS) is 10.7. The van der Waals surface area contributed by atoms with Crippen LogP contribution in [0.4, 0.5) is 0 Å². The maximum atomic E-state index is 2.44. The van der Waals surface area contributed by atoms with Crippen LogP contribution in [0.25, 0.3) is 22.3 Å². The molecule has 0 unspecified atom stereocenters. The molecule has 0 atom stereocenters. The monoisotopic (exact) mass is 622 g/mol. The van der Waals surface area contributed by atoms with Gasteiger partial charge in [0.15, 0.2) is 0 Å². The van der Waals surface area contributed by atoms with Gasteiger partial charge in [0.05, 0.1) is 0 Å². The molecule has 0 aliphatic carbocycles. The van der Waals surface area contributed by atoms with Gasteiger partial charge in [-0.1, -0.05) is 54.1 Å². The molecule has 0 aliphatic heterocycles. The van der Waals surface area contributed by atoms with Crippen LogP contribution < -0.4 is 0 Å². The lowest BCUT2D eigenvalue weighted by Gasteiger charge is -2.10. The van der Waals surface area contributed by atoms with Crippen LogP contribution in [-0.2, 0) is 0 Å². The number of hydrogen-bond acceptors (Lipinski definition) is 0. The lowest BCUT2D eigenvalue weighted by atomic mass is 10.00. The maximum absolute atomic E-state index is 2.44. The molecule has 0 radical (unpaired) electrons. The smallest absolute Gasteiger partial charge is 0.0342 e. The third-order valence-electron chi connectivity index (χ3n) is 3.59. The molecule has 0 amide bonds. The highest BCUT2D eigenvalue weighted by molar-refractivity contribution is 14.1. The zero-order chi connectivity index (χ0) is 15.7. The Morgan fingerprint density at radius 2 is 1.32 bits per heavy atom. The Balaban J connectivity index is 2.06. The molecule has 0 aliphatic rings. The Bertz CT molecular complexity index is 821. The lowest BCUT2D eigenvalue weighted by Crippen LogP contribution is -1.89. The molecule has 0 aromatic heterocycles. The summed E-state index contributed by atoms with van der Waals surface area (Å²) in [6, 6.07) is 21.9. The molecule has 0 nitrogen and oxygen atoms in total. The predicted octanol–water partition coefficient (Wildman–Crippen LogP) is 7.14. The SMILES string of the molecule is Cc1ccc(-c2ccc(-c3cccc(I)c3I)cc2I)cc1. The molecule has 0 spiro atoms. The second-order valence-electron chi connectivity index (χ2n) is 5.16. The molecule has 0 heterocycles. The van der Waals surface area contributed by atoms with Gasteiger partial charge in [-0.05, 0) is 109 Å². The molecular weight excluding hydrogens is 609 g/mol. The van der Waals surface area contributed by atoms with Crippen molar-refractivity contribution in [1.82, 2.24) is 0 Å². The fourth-order valence-corrected chi connectivity index (χ4v) is 4.37. The van der Waals surface area contributed by atoms with E-state index < -0.39 is 0 Å². The zero-order valence-corrected chi connectivity index (χ0v) is 18.4. The first-order valence-corrected chi connectivity index (χ1v) is 10.1. The number of benzene rings is 3. The molecule has 0 N–H and O–H groups in total. The summed E-state index contributed by atoms with van der Waals surface area (Å²) in [4.78, 5) is 0. The summed E-state index contributed by atoms with van der Waals surface area (Å²) in [5.41, 5.74) is 6.46. The summed E-state index contributed by atoms with van der Waals surface area (Å²) >= 11 is 7.27. The van der Waals surface area contributed by atoms with Crippen molar-refractivity contribution in [3.8, 4) is 22.3 Å². The highest BCUT2D eigenvalue weighted by Crippen LogP contribution is 2.33. The largest absolute Gasteiger partial charge is 0.0605 e. The minimum absolute atomic E-state index is 1.28. The first-order chi connectivity index (χ1) is 10.6. The Kier molecular flexibility index (Phi) is 5.44. The van der Waals surface area contributed by atoms with Gasteiger partial charge in [-0.3, -0.25) is 0 Å². The van der Waals surface area contributed by atoms with Crippen molar-refractivity contribution in [2.75, 3.05) is 0 Å². The summed E-state index contributed by atoms with van der Waals surface area (Å²) in [5, 5.41) is 0. The maximum Gasteiger partial charge on any atom is 0.0342 e. The molecule has 0 fully saturated rings. The summed E-state index contributed by atoms with van der Waals surface area (Å²) in [5.74, 6) is 0. The Hall–Kier alpha value is -0.150. The number of aryl methyl sites for hydroxylation is 1. The van der Waals surface area contributed by atoms with E-state index in [0.29, 0.717) is 0 Å². The van der Waals surface area contributed by atoms with Gasteiger partial charge in [0.25, 0.3) is 0 Å². The molecule has 0 bridgehead atoms. The van der Waals surface area contributed by atoms with Crippen molar-refractivity contribution in [2.45, 2.75) is 6.92 Å². The molecular formula is C19H13I3. The van der Waals surface area contributed by atoms with Crippen LogP contribution in [0.5, 0.6) is 0 Å². The van der Waals surface area contributed by atoms with E-state index in [1.807, 2.05) is 0 Å². The Labute approximate surface area is 172 Å². The van der Waals surface area contributed by atoms with Gasteiger partial charge in [0.1, 0.15) is 0 Å². The van der Waals surface area contributed by atoms with Gasteiger partial charge < -0.3 is 0 Å². The average Bonchev–Trinajstić information content (AvgIpc) is 2.51. The number of rotatable bonds is 2. The first kappa shape index (κ1) is 16.7. The third kappa shape index (κ3) is 3.51. The third-order valence-corrected chi connectivity index (χ3v) is 7.58. The van der Waals surface area contributed by atoms with Crippen LogP contribution in [0.15, 0.2) is 60.7 Å². The van der Waals surface area contributed by atoms with E-state index in [9.17, 15) is 0 Å². The standard InChI is InChI=1S/C19H13I3/c1-12-5-7-13(8-6-12)15-10-9-14(11-18(15)21)16-3-2-4-17(20)19(16)22/h2-11H,1H3. The van der Waals surface area contributed by atoms with Gasteiger partial charge in [0, 0.05) is 10.7 Å². The van der Waals surface area contributed by atoms with Gasteiger partial charge in [-0.15, -0.1) is 0 Å². The van der Waals surface area contributed by atoms with Gasteiger partial charge >= 0.3 is 0 Å². The van der Waals surface area contributed by atoms with E-state index in [1.165, 1.54) is 38.5 Å². The van der Waals surface area contributed by atoms with Crippen molar-refractivity contribution in [3.05, 3.63) is 76.9 Å². The quantitative estimate of drug-likeness (QED) is 0.267. The predicted molar refractivity (Wildman–Crippen MR) is 120 cm³/mol. The topological polar surface area (TPSA) is 0 Å². The van der Waals surface area contributed by atoms with Crippen molar-refractivity contribution < 1.29 is 0 Å². The lowest BCUT2D eigenvalue weighted by molar-refractivity contribution is 1.46. The molecule has 0 saturated carbocycles. The van der Waals surface area contributed by atoms with E-state index >= 15 is 0 Å². The molecule has 3 heteroatoms. The molecule has 3 rings (SSSR count). The van der Waals surface area contributed by atoms with Gasteiger partial charge in [-0.2, -0.15) is 0 Å². The van der Waals surface area contributed by atoms with Gasteiger partial charge in [0.2, 0.25) is 0 Å². The van der Waals surface area contributed by atoms with E-state index in [-0.39, 0.29) is 0 Å². The highest BCUT2D eigenvalue weighted by Gasteiger charge is 2.09. The van der Waals surface area contributed by atoms with Crippen LogP contribution in [-0.4, -0.2) is 0 Å². The van der Waals surface area contributed by atoms with E-state index in [2.05, 4.69) is 135 Å². The Morgan fingerprint density at radius 1 is 0.636 bits per heavy atom. The molecule has 110 valence electrons. The van der Waals surface area contributed by atoms with Crippen molar-refractivity contribution >= 4 is 67.8 Å². The van der Waals surface area contributed by atoms with Crippen molar-refractivity contribution in [1.29, 1.82) is 0 Å². The van der Waals surface area contributed by atoms with Crippen LogP contribution >= 0.6 is 67.8 Å². The zero-order valence-electron chi connectivity index (χ0n) is 11.9. The minimum atomic E-state index is 1.28. The molecule has 0 saturated heterocycles. The molecule has 3 aromatic carbocycles. The van der Waals surface area contributed by atoms with Crippen LogP contribution in [0.3, 0.4) is 0 Å². The fourth-order valence-electron chi connectivity index (χ4n) is 2.38. The summed E-state index contributed by atoms with van der Waals surface area (Å²) in [6.07, 6.45) is 0. The first-order valence-electron chi connectivity index (χ1n) is 6.87. The van der Waals surface area contributed by atoms with Crippen LogP contribution in [0.2, 0.25) is 0 Å². The molecule has 22 heavy (non-hydrogen) atoms. The van der Waals surface area contributed by atoms with Crippen molar-refractivity contribution in [2.24, 2.45) is 0 Å². The van der Waals surface area contributed by atoms with E-state index in [0.717, 1.165) is 0 Å². The van der Waals surface area contributed by atoms with Gasteiger partial charge in [-0.25, -0.2) is 0 Å². The summed E-state index contributed by atoms with van der Waals surface area (Å²) in [6.45, 7) is 2.12. The van der Waals surface area contributed by atoms with Crippen LogP contribution in [0.1, 0.15) is 5.56 Å². The van der Waals surface area contributed by atoms with E-state index in [4.69, 9.17) is 0 Å². The van der Waals surface area contributed by atoms with E-state index in [1.54, 1.807) is 0 Å². The summed E-state index contributed by atoms with van der Waals surface area (Å²) < 4.78 is 3.90. The fraction of sp³-hybridized carbons (Fsp3) is 0.0526. The minimum Gasteiger partial charge on any atom is -0.0605 e. The second kappa shape index (κ2) is 7.17. The van der Waals surface area contributed by atoms with Crippen LogP contribution in [0, 0.1) is 17.6 Å². The number of halogens is 3. The number of hydrogen-bond donors (Lipinski definition) is 0. The summed E-state index contributed by atoms with van der Waals surface area (Å²) in [7, 11) is 0. The second-order valence-corrected chi connectivity index (χ2v) is 8.57. The average molecular weight is 622 g/mol. The Morgan fingerprint density at radius 3 is 2.00 bits per heavy atom.